The van der Waals surface area contributed by atoms with Gasteiger partial charge in [-0.25, -0.2) is 9.36 Å². The van der Waals surface area contributed by atoms with Gasteiger partial charge in [-0.1, -0.05) is 147 Å². The van der Waals surface area contributed by atoms with Crippen LogP contribution in [0.25, 0.3) is 0 Å². The minimum absolute atomic E-state index is 0.00894. The summed E-state index contributed by atoms with van der Waals surface area (Å²) < 4.78 is 34.0. The monoisotopic (exact) mass is 970 g/mol. The standard InChI is InChI=1S/C51H92N3O10PS/c1-3-5-7-9-11-13-15-17-19-21-23-25-27-29-31-37-48(56)61-41-44(64-49(57)38-32-30-28-26-24-22-20-18-16-14-12-10-8-6-4-2)42-63-65(59,60)62-40-39-52-47(55)36-34-33-35-46-50-45(43-66-46)53-51(58)54-50/h17-20,44-46,50H,3-16,21-43H2,1-2H3,(H,52,55)(H,59,60)(H2,53,54,58)/b19-17+,20-18+/t44-,45+,46+,50+/m1/s1. The third-order valence-electron chi connectivity index (χ3n) is 12.2. The molecule has 2 saturated heterocycles. The summed E-state index contributed by atoms with van der Waals surface area (Å²) in [7, 11) is -4.58. The molecule has 0 bridgehead atoms. The van der Waals surface area contributed by atoms with E-state index in [4.69, 9.17) is 18.5 Å². The molecule has 2 aliphatic rings. The van der Waals surface area contributed by atoms with Crippen LogP contribution in [0.2, 0.25) is 0 Å². The number of phosphoric acid groups is 1. The molecule has 0 aliphatic carbocycles. The van der Waals surface area contributed by atoms with E-state index in [1.165, 1.54) is 77.0 Å². The molecule has 382 valence electrons. The van der Waals surface area contributed by atoms with Gasteiger partial charge in [0.25, 0.3) is 0 Å². The molecule has 0 saturated carbocycles. The number of allylic oxidation sites excluding steroid dienone is 4. The van der Waals surface area contributed by atoms with E-state index in [9.17, 15) is 28.6 Å². The molecule has 4 N–H and O–H groups in total. The van der Waals surface area contributed by atoms with Crippen molar-refractivity contribution in [3.63, 3.8) is 0 Å². The number of amides is 3. The lowest BCUT2D eigenvalue weighted by Gasteiger charge is -2.20. The van der Waals surface area contributed by atoms with Crippen LogP contribution in [0.3, 0.4) is 0 Å². The van der Waals surface area contributed by atoms with E-state index in [0.717, 1.165) is 95.6 Å². The molecule has 3 amide bonds. The number of carbonyl (C=O) groups excluding carboxylic acids is 4. The summed E-state index contributed by atoms with van der Waals surface area (Å²) in [5.74, 6) is -0.208. The number of thioether (sulfide) groups is 1. The number of rotatable bonds is 45. The van der Waals surface area contributed by atoms with Crippen molar-refractivity contribution in [3.8, 4) is 0 Å². The van der Waals surface area contributed by atoms with Gasteiger partial charge in [-0.05, 0) is 77.0 Å². The largest absolute Gasteiger partial charge is 0.472 e. The average molecular weight is 970 g/mol. The third-order valence-corrected chi connectivity index (χ3v) is 14.7. The van der Waals surface area contributed by atoms with E-state index in [0.29, 0.717) is 30.9 Å². The molecule has 0 aromatic carbocycles. The van der Waals surface area contributed by atoms with Crippen molar-refractivity contribution >= 4 is 43.5 Å². The molecule has 2 aliphatic heterocycles. The predicted molar refractivity (Wildman–Crippen MR) is 268 cm³/mol. The van der Waals surface area contributed by atoms with Crippen LogP contribution in [-0.4, -0.2) is 84.3 Å². The number of hydrogen-bond donors (Lipinski definition) is 4. The number of hydrogen-bond acceptors (Lipinski definition) is 10. The van der Waals surface area contributed by atoms with E-state index in [1.54, 1.807) is 0 Å². The predicted octanol–water partition coefficient (Wildman–Crippen LogP) is 12.5. The molecule has 0 spiro atoms. The molecule has 13 nitrogen and oxygen atoms in total. The molecule has 2 rings (SSSR count). The van der Waals surface area contributed by atoms with E-state index in [-0.39, 0.29) is 56.6 Å². The van der Waals surface area contributed by atoms with Gasteiger partial charge in [-0.3, -0.25) is 23.4 Å². The van der Waals surface area contributed by atoms with Crippen LogP contribution in [0.1, 0.15) is 219 Å². The van der Waals surface area contributed by atoms with E-state index in [2.05, 4.69) is 54.1 Å². The Hall–Kier alpha value is -2.38. The van der Waals surface area contributed by atoms with Crippen molar-refractivity contribution < 1.29 is 47.2 Å². The Kier molecular flexibility index (Phi) is 36.7. The first-order valence-corrected chi connectivity index (χ1v) is 28.9. The third kappa shape index (κ3) is 33.2. The molecule has 66 heavy (non-hydrogen) atoms. The Morgan fingerprint density at radius 2 is 1.17 bits per heavy atom. The number of ether oxygens (including phenoxy) is 2. The van der Waals surface area contributed by atoms with Crippen molar-refractivity contribution in [3.05, 3.63) is 24.3 Å². The minimum atomic E-state index is -4.58. The maximum Gasteiger partial charge on any atom is 0.472 e. The smallest absolute Gasteiger partial charge is 0.462 e. The lowest BCUT2D eigenvalue weighted by atomic mass is 10.0. The zero-order valence-corrected chi connectivity index (χ0v) is 43.0. The second-order valence-corrected chi connectivity index (χ2v) is 21.0. The summed E-state index contributed by atoms with van der Waals surface area (Å²) >= 11 is 1.84. The normalized spacial score (nSPS) is 18.3. The lowest BCUT2D eigenvalue weighted by molar-refractivity contribution is -0.161. The van der Waals surface area contributed by atoms with Crippen LogP contribution in [0.15, 0.2) is 24.3 Å². The summed E-state index contributed by atoms with van der Waals surface area (Å²) in [6, 6.07) is 0.193. The summed E-state index contributed by atoms with van der Waals surface area (Å²) in [6.07, 6.45) is 41.2. The Morgan fingerprint density at radius 3 is 1.73 bits per heavy atom. The number of urea groups is 1. The van der Waals surface area contributed by atoms with Crippen LogP contribution in [0.5, 0.6) is 0 Å². The van der Waals surface area contributed by atoms with Gasteiger partial charge in [0.15, 0.2) is 6.10 Å². The summed E-state index contributed by atoms with van der Waals surface area (Å²) in [6.45, 7) is 3.43. The molecule has 0 aromatic heterocycles. The van der Waals surface area contributed by atoms with Crippen LogP contribution in [-0.2, 0) is 37.5 Å². The van der Waals surface area contributed by atoms with E-state index < -0.39 is 32.5 Å². The Labute approximate surface area is 404 Å². The number of phosphoric ester groups is 1. The second kappa shape index (κ2) is 40.5. The zero-order valence-electron chi connectivity index (χ0n) is 41.3. The molecule has 0 aromatic rings. The van der Waals surface area contributed by atoms with Crippen molar-refractivity contribution in [2.75, 3.05) is 32.1 Å². The lowest BCUT2D eigenvalue weighted by Crippen LogP contribution is -2.36. The molecular weight excluding hydrogens is 878 g/mol. The van der Waals surface area contributed by atoms with Gasteiger partial charge >= 0.3 is 25.8 Å². The van der Waals surface area contributed by atoms with Crippen LogP contribution >= 0.6 is 19.6 Å². The summed E-state index contributed by atoms with van der Waals surface area (Å²) in [5, 5.41) is 8.94. The van der Waals surface area contributed by atoms with E-state index >= 15 is 0 Å². The summed E-state index contributed by atoms with van der Waals surface area (Å²) in [4.78, 5) is 59.8. The molecule has 2 fully saturated rings. The topological polar surface area (TPSA) is 179 Å². The zero-order chi connectivity index (χ0) is 47.8. The number of nitrogens with one attached hydrogen (secondary N) is 3. The molecule has 0 radical (unpaired) electrons. The van der Waals surface area contributed by atoms with Crippen molar-refractivity contribution in [2.45, 2.75) is 243 Å². The fourth-order valence-corrected chi connectivity index (χ4v) is 10.5. The van der Waals surface area contributed by atoms with Gasteiger partial charge in [0.1, 0.15) is 6.61 Å². The maximum atomic E-state index is 12.8. The molecule has 5 atom stereocenters. The minimum Gasteiger partial charge on any atom is -0.462 e. The van der Waals surface area contributed by atoms with Crippen molar-refractivity contribution in [1.82, 2.24) is 16.0 Å². The molecule has 2 heterocycles. The number of unbranched alkanes of at least 4 members (excludes halogenated alkanes) is 23. The van der Waals surface area contributed by atoms with Gasteiger partial charge in [-0.15, -0.1) is 0 Å². The van der Waals surface area contributed by atoms with Gasteiger partial charge < -0.3 is 30.3 Å². The Balaban J connectivity index is 1.65. The highest BCUT2D eigenvalue weighted by Gasteiger charge is 2.42. The first-order valence-electron chi connectivity index (χ1n) is 26.4. The fraction of sp³-hybridized carbons (Fsp3) is 0.843. The van der Waals surface area contributed by atoms with Crippen molar-refractivity contribution in [2.24, 2.45) is 0 Å². The average Bonchev–Trinajstić information content (AvgIpc) is 3.86. The molecule has 15 heteroatoms. The first kappa shape index (κ1) is 59.7. The number of fused-ring (bicyclic) bond motifs is 1. The van der Waals surface area contributed by atoms with Crippen molar-refractivity contribution in [1.29, 1.82) is 0 Å². The first-order chi connectivity index (χ1) is 32.1. The second-order valence-electron chi connectivity index (χ2n) is 18.3. The Bertz CT molecular complexity index is 1390. The number of carbonyl (C=O) groups is 4. The highest BCUT2D eigenvalue weighted by molar-refractivity contribution is 8.00. The molecule has 1 unspecified atom stereocenters. The van der Waals surface area contributed by atoms with E-state index in [1.807, 2.05) is 11.8 Å². The van der Waals surface area contributed by atoms with Gasteiger partial charge in [-0.2, -0.15) is 11.8 Å². The highest BCUT2D eigenvalue weighted by atomic mass is 32.2. The Morgan fingerprint density at radius 1 is 0.667 bits per heavy atom. The van der Waals surface area contributed by atoms with Crippen LogP contribution < -0.4 is 16.0 Å². The van der Waals surface area contributed by atoms with Gasteiger partial charge in [0, 0.05) is 36.8 Å². The molecular formula is C51H92N3O10PS. The van der Waals surface area contributed by atoms with Gasteiger partial charge in [0.2, 0.25) is 5.91 Å². The van der Waals surface area contributed by atoms with Crippen LogP contribution in [0, 0.1) is 0 Å². The summed E-state index contributed by atoms with van der Waals surface area (Å²) in [5.41, 5.74) is 0. The highest BCUT2D eigenvalue weighted by Crippen LogP contribution is 2.43. The quantitative estimate of drug-likeness (QED) is 0.0150. The maximum absolute atomic E-state index is 12.8. The fourth-order valence-electron chi connectivity index (χ4n) is 8.23. The van der Waals surface area contributed by atoms with Crippen LogP contribution in [0.4, 0.5) is 4.79 Å². The number of esters is 2. The SMILES string of the molecule is CCCCCCCC/C=C/CCCCCCCC(=O)OC[C@H](COP(=O)(O)OCCNC(=O)CCCC[C@@H]1SC[C@@H]2NC(=O)N[C@@H]21)OC(=O)CCCCCCC/C=C/CCCCCCCC. The van der Waals surface area contributed by atoms with Gasteiger partial charge in [0.05, 0.1) is 25.3 Å².